The third-order valence-electron chi connectivity index (χ3n) is 2.80. The molecule has 6 heteroatoms. The van der Waals surface area contributed by atoms with E-state index in [4.69, 9.17) is 23.2 Å². The molecule has 0 spiro atoms. The first kappa shape index (κ1) is 15.6. The maximum atomic E-state index is 13.3. The van der Waals surface area contributed by atoms with E-state index in [0.29, 0.717) is 11.4 Å². The van der Waals surface area contributed by atoms with Gasteiger partial charge in [-0.15, -0.1) is 0 Å². The van der Waals surface area contributed by atoms with Crippen molar-refractivity contribution < 1.29 is 9.18 Å². The van der Waals surface area contributed by atoms with Crippen LogP contribution < -0.4 is 10.6 Å². The molecule has 110 valence electrons. The number of benzene rings is 2. The molecule has 1 atom stereocenters. The zero-order chi connectivity index (χ0) is 15.4. The third-order valence-corrected chi connectivity index (χ3v) is 3.35. The second-order valence-corrected chi connectivity index (χ2v) is 5.29. The van der Waals surface area contributed by atoms with Gasteiger partial charge in [-0.25, -0.2) is 4.39 Å². The first-order chi connectivity index (χ1) is 9.97. The Labute approximate surface area is 132 Å². The molecule has 0 aliphatic rings. The number of para-hydroxylation sites is 1. The molecule has 1 amide bonds. The van der Waals surface area contributed by atoms with Gasteiger partial charge in [0, 0.05) is 11.4 Å². The van der Waals surface area contributed by atoms with Gasteiger partial charge in [-0.1, -0.05) is 41.4 Å². The fraction of sp³-hybridized carbons (Fsp3) is 0.133. The summed E-state index contributed by atoms with van der Waals surface area (Å²) in [6, 6.07) is 11.3. The van der Waals surface area contributed by atoms with Crippen molar-refractivity contribution in [2.24, 2.45) is 0 Å². The highest BCUT2D eigenvalue weighted by Crippen LogP contribution is 2.27. The van der Waals surface area contributed by atoms with Gasteiger partial charge in [0.15, 0.2) is 5.82 Å². The van der Waals surface area contributed by atoms with Crippen LogP contribution in [0.15, 0.2) is 42.5 Å². The van der Waals surface area contributed by atoms with Crippen molar-refractivity contribution in [3.8, 4) is 0 Å². The zero-order valence-corrected chi connectivity index (χ0v) is 12.7. The summed E-state index contributed by atoms with van der Waals surface area (Å²) < 4.78 is 13.3. The first-order valence-electron chi connectivity index (χ1n) is 6.24. The van der Waals surface area contributed by atoms with Crippen LogP contribution in [0.1, 0.15) is 6.92 Å². The maximum Gasteiger partial charge on any atom is 0.246 e. The monoisotopic (exact) mass is 326 g/mol. The predicted octanol–water partition coefficient (Wildman–Crippen LogP) is 4.57. The molecule has 0 aliphatic heterocycles. The highest BCUT2D eigenvalue weighted by atomic mass is 35.5. The van der Waals surface area contributed by atoms with Crippen LogP contribution in [-0.2, 0) is 4.79 Å². The van der Waals surface area contributed by atoms with E-state index in [2.05, 4.69) is 10.6 Å². The van der Waals surface area contributed by atoms with Gasteiger partial charge in [-0.05, 0) is 31.2 Å². The van der Waals surface area contributed by atoms with Crippen molar-refractivity contribution in [3.63, 3.8) is 0 Å². The van der Waals surface area contributed by atoms with E-state index in [9.17, 15) is 9.18 Å². The number of amides is 1. The Morgan fingerprint density at radius 1 is 1.10 bits per heavy atom. The summed E-state index contributed by atoms with van der Waals surface area (Å²) in [7, 11) is 0. The summed E-state index contributed by atoms with van der Waals surface area (Å²) in [5, 5.41) is 5.49. The molecular formula is C15H13Cl2FN2O. The molecule has 2 rings (SSSR count). The number of hydrogen-bond acceptors (Lipinski definition) is 2. The van der Waals surface area contributed by atoms with Gasteiger partial charge in [-0.3, -0.25) is 4.79 Å². The fourth-order valence-electron chi connectivity index (χ4n) is 1.73. The Hall–Kier alpha value is -1.78. The normalized spacial score (nSPS) is 11.8. The Kier molecular flexibility index (Phi) is 5.04. The van der Waals surface area contributed by atoms with Crippen LogP contribution in [0.3, 0.4) is 0 Å². The van der Waals surface area contributed by atoms with Crippen molar-refractivity contribution >= 4 is 40.5 Å². The maximum absolute atomic E-state index is 13.3. The quantitative estimate of drug-likeness (QED) is 0.808. The number of nitrogens with one attached hydrogen (secondary N) is 2. The summed E-state index contributed by atoms with van der Waals surface area (Å²) >= 11 is 11.4. The minimum absolute atomic E-state index is 0.0966. The fourth-order valence-corrected chi connectivity index (χ4v) is 2.21. The lowest BCUT2D eigenvalue weighted by atomic mass is 10.2. The number of carbonyl (C=O) groups excluding carboxylic acids is 1. The zero-order valence-electron chi connectivity index (χ0n) is 11.2. The molecule has 0 heterocycles. The molecule has 2 aromatic rings. The van der Waals surface area contributed by atoms with Crippen LogP contribution >= 0.6 is 23.2 Å². The van der Waals surface area contributed by atoms with Crippen LogP contribution in [0.5, 0.6) is 0 Å². The molecule has 0 aliphatic carbocycles. The van der Waals surface area contributed by atoms with Crippen molar-refractivity contribution in [1.82, 2.24) is 0 Å². The molecule has 3 nitrogen and oxygen atoms in total. The van der Waals surface area contributed by atoms with Crippen molar-refractivity contribution in [2.75, 3.05) is 10.6 Å². The summed E-state index contributed by atoms with van der Waals surface area (Å²) in [6.07, 6.45) is 0. The van der Waals surface area contributed by atoms with Gasteiger partial charge in [-0.2, -0.15) is 0 Å². The lowest BCUT2D eigenvalue weighted by Crippen LogP contribution is -2.31. The minimum Gasteiger partial charge on any atom is -0.374 e. The first-order valence-corrected chi connectivity index (χ1v) is 7.00. The smallest absolute Gasteiger partial charge is 0.246 e. The van der Waals surface area contributed by atoms with Gasteiger partial charge in [0.05, 0.1) is 10.0 Å². The third kappa shape index (κ3) is 4.09. The Bertz CT molecular complexity index is 626. The van der Waals surface area contributed by atoms with Crippen LogP contribution in [0.4, 0.5) is 15.8 Å². The van der Waals surface area contributed by atoms with E-state index in [-0.39, 0.29) is 16.0 Å². The number of hydrogen-bond donors (Lipinski definition) is 2. The summed E-state index contributed by atoms with van der Waals surface area (Å²) in [6.45, 7) is 1.68. The molecule has 2 aromatic carbocycles. The Morgan fingerprint density at radius 3 is 2.24 bits per heavy atom. The summed E-state index contributed by atoms with van der Waals surface area (Å²) in [4.78, 5) is 12.0. The molecule has 0 saturated carbocycles. The minimum atomic E-state index is -0.676. The van der Waals surface area contributed by atoms with Gasteiger partial charge >= 0.3 is 0 Å². The highest BCUT2D eigenvalue weighted by Gasteiger charge is 2.14. The molecule has 0 saturated heterocycles. The lowest BCUT2D eigenvalue weighted by Gasteiger charge is -2.16. The largest absolute Gasteiger partial charge is 0.374 e. The van der Waals surface area contributed by atoms with Gasteiger partial charge in [0.1, 0.15) is 6.04 Å². The summed E-state index contributed by atoms with van der Waals surface area (Å²) in [5.74, 6) is -0.900. The van der Waals surface area contributed by atoms with Crippen molar-refractivity contribution in [3.05, 3.63) is 58.3 Å². The van der Waals surface area contributed by atoms with E-state index < -0.39 is 11.9 Å². The van der Waals surface area contributed by atoms with Crippen LogP contribution in [0, 0.1) is 5.82 Å². The van der Waals surface area contributed by atoms with E-state index in [1.165, 1.54) is 12.1 Å². The van der Waals surface area contributed by atoms with Crippen molar-refractivity contribution in [2.45, 2.75) is 13.0 Å². The molecule has 0 aromatic heterocycles. The Balaban J connectivity index is 2.04. The number of rotatable bonds is 4. The average molecular weight is 327 g/mol. The summed E-state index contributed by atoms with van der Waals surface area (Å²) in [5.41, 5.74) is 1.17. The van der Waals surface area contributed by atoms with Crippen LogP contribution in [0.25, 0.3) is 0 Å². The standard InChI is InChI=1S/C15H13Cl2FN2O/c1-9(15(21)20-10-5-3-2-4-6-10)19-11-7-12(16)14(18)13(17)8-11/h2-9,19H,1H3,(H,20,21). The second-order valence-electron chi connectivity index (χ2n) is 4.48. The van der Waals surface area contributed by atoms with Crippen LogP contribution in [0.2, 0.25) is 10.0 Å². The van der Waals surface area contributed by atoms with Gasteiger partial charge in [0.25, 0.3) is 0 Å². The highest BCUT2D eigenvalue weighted by molar-refractivity contribution is 6.35. The van der Waals surface area contributed by atoms with Crippen LogP contribution in [-0.4, -0.2) is 11.9 Å². The number of anilines is 2. The van der Waals surface area contributed by atoms with Gasteiger partial charge in [0.2, 0.25) is 5.91 Å². The van der Waals surface area contributed by atoms with E-state index in [1.54, 1.807) is 19.1 Å². The number of halogens is 3. The average Bonchev–Trinajstić information content (AvgIpc) is 2.45. The molecule has 21 heavy (non-hydrogen) atoms. The molecular weight excluding hydrogens is 314 g/mol. The second kappa shape index (κ2) is 6.78. The van der Waals surface area contributed by atoms with Gasteiger partial charge < -0.3 is 10.6 Å². The lowest BCUT2D eigenvalue weighted by molar-refractivity contribution is -0.116. The molecule has 0 bridgehead atoms. The number of carbonyl (C=O) groups is 1. The van der Waals surface area contributed by atoms with E-state index in [1.807, 2.05) is 18.2 Å². The molecule has 1 unspecified atom stereocenters. The Morgan fingerprint density at radius 2 is 1.67 bits per heavy atom. The van der Waals surface area contributed by atoms with E-state index >= 15 is 0 Å². The van der Waals surface area contributed by atoms with E-state index in [0.717, 1.165) is 0 Å². The predicted molar refractivity (Wildman–Crippen MR) is 84.6 cm³/mol. The molecule has 0 radical (unpaired) electrons. The molecule has 2 N–H and O–H groups in total. The molecule has 0 fully saturated rings. The van der Waals surface area contributed by atoms with Crippen molar-refractivity contribution in [1.29, 1.82) is 0 Å². The SMILES string of the molecule is CC(Nc1cc(Cl)c(F)c(Cl)c1)C(=O)Nc1ccccc1. The topological polar surface area (TPSA) is 41.1 Å².